The van der Waals surface area contributed by atoms with Crippen molar-refractivity contribution < 1.29 is 14.3 Å². The number of carbonyl (C=O) groups is 1. The zero-order valence-corrected chi connectivity index (χ0v) is 7.43. The van der Waals surface area contributed by atoms with Gasteiger partial charge in [-0.25, -0.2) is 4.79 Å². The third kappa shape index (κ3) is 1.76. The lowest BCUT2D eigenvalue weighted by molar-refractivity contribution is 0.0690. The van der Waals surface area contributed by atoms with Gasteiger partial charge in [0.15, 0.2) is 5.69 Å². The van der Waals surface area contributed by atoms with E-state index < -0.39 is 5.97 Å². The molecule has 0 spiro atoms. The minimum Gasteiger partial charge on any atom is -0.476 e. The van der Waals surface area contributed by atoms with Crippen molar-refractivity contribution in [3.05, 3.63) is 24.1 Å². The zero-order valence-electron chi connectivity index (χ0n) is 7.43. The van der Waals surface area contributed by atoms with Crippen LogP contribution in [-0.4, -0.2) is 22.1 Å². The Kier molecular flexibility index (Phi) is 2.22. The highest BCUT2D eigenvalue weighted by Gasteiger charge is 2.14. The SMILES string of the molecule is O=C(O)c1coc(NC2CC=CC2)n1. The van der Waals surface area contributed by atoms with Gasteiger partial charge in [-0.05, 0) is 12.8 Å². The lowest BCUT2D eigenvalue weighted by Gasteiger charge is -2.08. The molecule has 5 nitrogen and oxygen atoms in total. The number of nitrogens with one attached hydrogen (secondary N) is 1. The molecule has 0 amide bonds. The molecule has 0 saturated carbocycles. The van der Waals surface area contributed by atoms with Gasteiger partial charge in [0.25, 0.3) is 6.01 Å². The molecule has 1 aliphatic carbocycles. The molecule has 74 valence electrons. The van der Waals surface area contributed by atoms with E-state index in [0.29, 0.717) is 0 Å². The van der Waals surface area contributed by atoms with Crippen molar-refractivity contribution in [3.63, 3.8) is 0 Å². The van der Waals surface area contributed by atoms with Gasteiger partial charge in [0, 0.05) is 6.04 Å². The van der Waals surface area contributed by atoms with Crippen LogP contribution in [-0.2, 0) is 0 Å². The van der Waals surface area contributed by atoms with Gasteiger partial charge in [0.05, 0.1) is 0 Å². The van der Waals surface area contributed by atoms with Crippen molar-refractivity contribution in [2.24, 2.45) is 0 Å². The van der Waals surface area contributed by atoms with Gasteiger partial charge in [-0.2, -0.15) is 4.98 Å². The Hall–Kier alpha value is -1.78. The summed E-state index contributed by atoms with van der Waals surface area (Å²) >= 11 is 0. The van der Waals surface area contributed by atoms with Crippen LogP contribution in [0.2, 0.25) is 0 Å². The minimum absolute atomic E-state index is 0.0709. The molecule has 1 aliphatic rings. The number of oxazole rings is 1. The summed E-state index contributed by atoms with van der Waals surface area (Å²) < 4.78 is 4.96. The summed E-state index contributed by atoms with van der Waals surface area (Å²) in [6, 6.07) is 0.548. The topological polar surface area (TPSA) is 75.4 Å². The van der Waals surface area contributed by atoms with Crippen molar-refractivity contribution in [2.45, 2.75) is 18.9 Å². The Labute approximate surface area is 80.4 Å². The molecule has 1 heterocycles. The summed E-state index contributed by atoms with van der Waals surface area (Å²) in [5.74, 6) is -1.08. The lowest BCUT2D eigenvalue weighted by Crippen LogP contribution is -2.15. The molecule has 1 aromatic heterocycles. The highest BCUT2D eigenvalue weighted by molar-refractivity contribution is 5.85. The molecule has 5 heteroatoms. The second-order valence-electron chi connectivity index (χ2n) is 3.13. The molecule has 14 heavy (non-hydrogen) atoms. The van der Waals surface area contributed by atoms with Crippen molar-refractivity contribution >= 4 is 12.0 Å². The van der Waals surface area contributed by atoms with E-state index in [1.165, 1.54) is 0 Å². The van der Waals surface area contributed by atoms with E-state index in [-0.39, 0.29) is 17.8 Å². The van der Waals surface area contributed by atoms with Crippen LogP contribution >= 0.6 is 0 Å². The van der Waals surface area contributed by atoms with Crippen molar-refractivity contribution in [2.75, 3.05) is 5.32 Å². The van der Waals surface area contributed by atoms with Crippen molar-refractivity contribution in [3.8, 4) is 0 Å². The highest BCUT2D eigenvalue weighted by Crippen LogP contribution is 2.16. The van der Waals surface area contributed by atoms with Gasteiger partial charge < -0.3 is 14.8 Å². The molecule has 0 radical (unpaired) electrons. The molecule has 0 saturated heterocycles. The van der Waals surface area contributed by atoms with Gasteiger partial charge in [-0.3, -0.25) is 0 Å². The summed E-state index contributed by atoms with van der Waals surface area (Å²) in [7, 11) is 0. The molecule has 0 aromatic carbocycles. The quantitative estimate of drug-likeness (QED) is 0.713. The Balaban J connectivity index is 1.99. The molecular formula is C9H10N2O3. The van der Waals surface area contributed by atoms with Crippen molar-refractivity contribution in [1.29, 1.82) is 0 Å². The van der Waals surface area contributed by atoms with Gasteiger partial charge in [-0.15, -0.1) is 0 Å². The number of rotatable bonds is 3. The molecule has 0 atom stereocenters. The fourth-order valence-corrected chi connectivity index (χ4v) is 1.35. The average molecular weight is 194 g/mol. The fourth-order valence-electron chi connectivity index (χ4n) is 1.35. The van der Waals surface area contributed by atoms with Crippen LogP contribution in [0.15, 0.2) is 22.8 Å². The first-order valence-corrected chi connectivity index (χ1v) is 4.36. The summed E-state index contributed by atoms with van der Waals surface area (Å²) in [4.78, 5) is 14.3. The van der Waals surface area contributed by atoms with Crippen LogP contribution in [0.1, 0.15) is 23.3 Å². The maximum atomic E-state index is 10.5. The van der Waals surface area contributed by atoms with Crippen LogP contribution < -0.4 is 5.32 Å². The largest absolute Gasteiger partial charge is 0.476 e. The first-order chi connectivity index (χ1) is 6.75. The zero-order chi connectivity index (χ0) is 9.97. The number of carboxylic acids is 1. The standard InChI is InChI=1S/C9H10N2O3/c12-8(13)7-5-14-9(11-7)10-6-3-1-2-4-6/h1-2,5-6H,3-4H2,(H,10,11)(H,12,13). The molecule has 0 fully saturated rings. The first-order valence-electron chi connectivity index (χ1n) is 4.36. The molecule has 0 bridgehead atoms. The Morgan fingerprint density at radius 2 is 2.29 bits per heavy atom. The maximum Gasteiger partial charge on any atom is 0.357 e. The highest BCUT2D eigenvalue weighted by atomic mass is 16.4. The second-order valence-corrected chi connectivity index (χ2v) is 3.13. The molecule has 0 aliphatic heterocycles. The predicted molar refractivity (Wildman–Crippen MR) is 49.2 cm³/mol. The number of aromatic nitrogens is 1. The number of anilines is 1. The maximum absolute atomic E-state index is 10.5. The van der Waals surface area contributed by atoms with Crippen molar-refractivity contribution in [1.82, 2.24) is 4.98 Å². The monoisotopic (exact) mass is 194 g/mol. The summed E-state index contributed by atoms with van der Waals surface area (Å²) in [5, 5.41) is 11.6. The second kappa shape index (κ2) is 3.53. The summed E-state index contributed by atoms with van der Waals surface area (Å²) in [6.45, 7) is 0. The summed E-state index contributed by atoms with van der Waals surface area (Å²) in [6.07, 6.45) is 7.11. The smallest absolute Gasteiger partial charge is 0.357 e. The van der Waals surface area contributed by atoms with Crippen LogP contribution in [0, 0.1) is 0 Å². The Morgan fingerprint density at radius 1 is 1.57 bits per heavy atom. The number of carboxylic acid groups (broad SMARTS) is 1. The van der Waals surface area contributed by atoms with E-state index in [1.807, 2.05) is 0 Å². The van der Waals surface area contributed by atoms with Gasteiger partial charge >= 0.3 is 5.97 Å². The number of hydrogen-bond acceptors (Lipinski definition) is 4. The Morgan fingerprint density at radius 3 is 2.86 bits per heavy atom. The van der Waals surface area contributed by atoms with E-state index >= 15 is 0 Å². The van der Waals surface area contributed by atoms with Crippen LogP contribution in [0.3, 0.4) is 0 Å². The summed E-state index contributed by atoms with van der Waals surface area (Å²) in [5.41, 5.74) is -0.0709. The van der Waals surface area contributed by atoms with E-state index in [1.54, 1.807) is 0 Å². The molecule has 2 rings (SSSR count). The van der Waals surface area contributed by atoms with Gasteiger partial charge in [-0.1, -0.05) is 12.2 Å². The number of nitrogens with zero attached hydrogens (tertiary/aromatic N) is 1. The van der Waals surface area contributed by atoms with E-state index in [4.69, 9.17) is 9.52 Å². The molecular weight excluding hydrogens is 184 g/mol. The minimum atomic E-state index is -1.08. The van der Waals surface area contributed by atoms with Gasteiger partial charge in [0.2, 0.25) is 0 Å². The normalized spacial score (nSPS) is 16.0. The van der Waals surface area contributed by atoms with Crippen LogP contribution in [0.4, 0.5) is 6.01 Å². The first kappa shape index (κ1) is 8.80. The number of aromatic carboxylic acids is 1. The van der Waals surface area contributed by atoms with Gasteiger partial charge in [0.1, 0.15) is 6.26 Å². The fraction of sp³-hybridized carbons (Fsp3) is 0.333. The van der Waals surface area contributed by atoms with E-state index in [0.717, 1.165) is 19.1 Å². The van der Waals surface area contributed by atoms with Crippen LogP contribution in [0.25, 0.3) is 0 Å². The Bertz CT molecular complexity index is 362. The third-order valence-corrected chi connectivity index (χ3v) is 2.06. The molecule has 2 N–H and O–H groups in total. The average Bonchev–Trinajstić information content (AvgIpc) is 2.75. The van der Waals surface area contributed by atoms with E-state index in [2.05, 4.69) is 22.5 Å². The number of hydrogen-bond donors (Lipinski definition) is 2. The molecule has 1 aromatic rings. The predicted octanol–water partition coefficient (Wildman–Crippen LogP) is 1.50. The third-order valence-electron chi connectivity index (χ3n) is 2.06. The molecule has 0 unspecified atom stereocenters. The van der Waals surface area contributed by atoms with Crippen LogP contribution in [0.5, 0.6) is 0 Å². The van der Waals surface area contributed by atoms with E-state index in [9.17, 15) is 4.79 Å². The lowest BCUT2D eigenvalue weighted by atomic mass is 10.2.